The third-order valence-electron chi connectivity index (χ3n) is 4.75. The van der Waals surface area contributed by atoms with Crippen molar-refractivity contribution in [3.63, 3.8) is 0 Å². The Kier molecular flexibility index (Phi) is 5.82. The summed E-state index contributed by atoms with van der Waals surface area (Å²) in [5.41, 5.74) is 4.03. The molecule has 4 N–H and O–H groups in total. The van der Waals surface area contributed by atoms with Gasteiger partial charge in [0.25, 0.3) is 5.91 Å². The normalized spacial score (nSPS) is 11.5. The number of nitrogens with zero attached hydrogens (tertiary/aromatic N) is 3. The molecule has 0 radical (unpaired) electrons. The fourth-order valence-electron chi connectivity index (χ4n) is 3.24. The van der Waals surface area contributed by atoms with Crippen LogP contribution in [0.3, 0.4) is 0 Å². The van der Waals surface area contributed by atoms with Crippen molar-refractivity contribution < 1.29 is 26.8 Å². The topological polar surface area (TPSA) is 119 Å². The number of amides is 1. The summed E-state index contributed by atoms with van der Waals surface area (Å²) in [7, 11) is 0. The second kappa shape index (κ2) is 8.73. The highest BCUT2D eigenvalue weighted by Gasteiger charge is 2.34. The SMILES string of the molecule is NC(=O)c1cccc2c(NCc3c(F)cccc3C(F)(F)F)nc(NCc3cnco3)nc12. The molecule has 0 fully saturated rings. The predicted molar refractivity (Wildman–Crippen MR) is 111 cm³/mol. The van der Waals surface area contributed by atoms with Crippen molar-refractivity contribution in [1.82, 2.24) is 15.0 Å². The molecule has 0 aliphatic rings. The van der Waals surface area contributed by atoms with Crippen molar-refractivity contribution in [2.24, 2.45) is 5.73 Å². The number of para-hydroxylation sites is 1. The molecule has 170 valence electrons. The average Bonchev–Trinajstić information content (AvgIpc) is 3.29. The van der Waals surface area contributed by atoms with E-state index < -0.39 is 35.6 Å². The first kappa shape index (κ1) is 22.0. The van der Waals surface area contributed by atoms with Gasteiger partial charge in [-0.05, 0) is 24.3 Å². The predicted octanol–water partition coefficient (Wildman–Crippen LogP) is 4.10. The summed E-state index contributed by atoms with van der Waals surface area (Å²) in [6.07, 6.45) is -2.03. The minimum Gasteiger partial charge on any atom is -0.447 e. The smallest absolute Gasteiger partial charge is 0.416 e. The average molecular weight is 460 g/mol. The van der Waals surface area contributed by atoms with Crippen molar-refractivity contribution >= 4 is 28.6 Å². The van der Waals surface area contributed by atoms with Crippen molar-refractivity contribution in [2.45, 2.75) is 19.3 Å². The van der Waals surface area contributed by atoms with Crippen molar-refractivity contribution in [2.75, 3.05) is 10.6 Å². The van der Waals surface area contributed by atoms with Gasteiger partial charge in [0, 0.05) is 17.5 Å². The number of aromatic nitrogens is 3. The summed E-state index contributed by atoms with van der Waals surface area (Å²) in [5.74, 6) is -1.17. The number of hydrogen-bond acceptors (Lipinski definition) is 7. The van der Waals surface area contributed by atoms with E-state index in [2.05, 4.69) is 25.6 Å². The maximum atomic E-state index is 14.3. The number of nitrogens with two attached hydrogens (primary N) is 1. The summed E-state index contributed by atoms with van der Waals surface area (Å²) in [6.45, 7) is -0.370. The van der Waals surface area contributed by atoms with E-state index >= 15 is 0 Å². The molecular weight excluding hydrogens is 444 g/mol. The molecule has 0 aliphatic heterocycles. The number of carbonyl (C=O) groups is 1. The maximum Gasteiger partial charge on any atom is 0.416 e. The van der Waals surface area contributed by atoms with Gasteiger partial charge < -0.3 is 20.8 Å². The molecule has 4 rings (SSSR count). The monoisotopic (exact) mass is 460 g/mol. The largest absolute Gasteiger partial charge is 0.447 e. The standard InChI is InChI=1S/C21H16F4N6O2/c22-16-6-2-5-15(21(23,24)25)14(16)9-28-19-13-4-1-3-12(18(26)32)17(13)30-20(31-19)29-8-11-7-27-10-33-11/h1-7,10H,8-9H2,(H2,26,32)(H2,28,29,30,31). The van der Waals surface area contributed by atoms with Crippen LogP contribution >= 0.6 is 0 Å². The Hall–Kier alpha value is -4.22. The highest BCUT2D eigenvalue weighted by Crippen LogP contribution is 2.34. The molecule has 0 saturated heterocycles. The van der Waals surface area contributed by atoms with Crippen LogP contribution in [0.5, 0.6) is 0 Å². The fourth-order valence-corrected chi connectivity index (χ4v) is 3.24. The Morgan fingerprint density at radius 1 is 1.06 bits per heavy atom. The van der Waals surface area contributed by atoms with Gasteiger partial charge in [0.1, 0.15) is 17.4 Å². The van der Waals surface area contributed by atoms with Gasteiger partial charge in [-0.3, -0.25) is 4.79 Å². The van der Waals surface area contributed by atoms with Crippen LogP contribution in [0.2, 0.25) is 0 Å². The number of rotatable bonds is 7. The molecule has 0 aliphatic carbocycles. The van der Waals surface area contributed by atoms with E-state index in [0.29, 0.717) is 11.1 Å². The molecule has 0 spiro atoms. The van der Waals surface area contributed by atoms with Gasteiger partial charge in [-0.25, -0.2) is 14.4 Å². The van der Waals surface area contributed by atoms with Crippen LogP contribution in [-0.4, -0.2) is 20.9 Å². The number of fused-ring (bicyclic) bond motifs is 1. The lowest BCUT2D eigenvalue weighted by Gasteiger charge is -2.16. The molecule has 8 nitrogen and oxygen atoms in total. The lowest BCUT2D eigenvalue weighted by molar-refractivity contribution is -0.138. The van der Waals surface area contributed by atoms with Crippen LogP contribution < -0.4 is 16.4 Å². The molecule has 12 heteroatoms. The number of nitrogens with one attached hydrogen (secondary N) is 2. The van der Waals surface area contributed by atoms with Gasteiger partial charge in [-0.2, -0.15) is 18.2 Å². The Balaban J connectivity index is 1.74. The molecule has 33 heavy (non-hydrogen) atoms. The van der Waals surface area contributed by atoms with Gasteiger partial charge >= 0.3 is 6.18 Å². The molecule has 1 amide bonds. The molecule has 2 aromatic carbocycles. The van der Waals surface area contributed by atoms with Crippen LogP contribution in [0.1, 0.15) is 27.2 Å². The highest BCUT2D eigenvalue weighted by atomic mass is 19.4. The second-order valence-electron chi connectivity index (χ2n) is 6.90. The van der Waals surface area contributed by atoms with E-state index in [1.54, 1.807) is 6.07 Å². The van der Waals surface area contributed by atoms with E-state index in [-0.39, 0.29) is 29.4 Å². The van der Waals surface area contributed by atoms with Crippen LogP contribution in [-0.2, 0) is 19.3 Å². The minimum atomic E-state index is -4.74. The quantitative estimate of drug-likeness (QED) is 0.355. The Labute approximate surface area is 183 Å². The number of carbonyl (C=O) groups excluding carboxylic acids is 1. The first-order valence-electron chi connectivity index (χ1n) is 9.54. The number of oxazole rings is 1. The lowest BCUT2D eigenvalue weighted by atomic mass is 10.1. The van der Waals surface area contributed by atoms with Crippen LogP contribution in [0.25, 0.3) is 10.9 Å². The molecule has 2 heterocycles. The number of anilines is 2. The van der Waals surface area contributed by atoms with E-state index in [4.69, 9.17) is 10.2 Å². The summed E-state index contributed by atoms with van der Waals surface area (Å²) >= 11 is 0. The number of primary amides is 1. The summed E-state index contributed by atoms with van der Waals surface area (Å²) in [4.78, 5) is 24.3. The minimum absolute atomic E-state index is 0.0414. The number of alkyl halides is 3. The van der Waals surface area contributed by atoms with Gasteiger partial charge in [-0.1, -0.05) is 12.1 Å². The van der Waals surface area contributed by atoms with Crippen molar-refractivity contribution in [1.29, 1.82) is 0 Å². The van der Waals surface area contributed by atoms with Crippen LogP contribution in [0.15, 0.2) is 53.4 Å². The zero-order valence-electron chi connectivity index (χ0n) is 16.8. The van der Waals surface area contributed by atoms with Gasteiger partial charge in [-0.15, -0.1) is 0 Å². The van der Waals surface area contributed by atoms with E-state index in [1.807, 2.05) is 0 Å². The molecule has 4 aromatic rings. The number of halogens is 4. The Morgan fingerprint density at radius 2 is 1.85 bits per heavy atom. The van der Waals surface area contributed by atoms with Crippen LogP contribution in [0, 0.1) is 5.82 Å². The van der Waals surface area contributed by atoms with E-state index in [9.17, 15) is 22.4 Å². The van der Waals surface area contributed by atoms with Crippen LogP contribution in [0.4, 0.5) is 29.3 Å². The summed E-state index contributed by atoms with van der Waals surface area (Å²) in [6, 6.07) is 7.29. The molecular formula is C21H16F4N6O2. The lowest BCUT2D eigenvalue weighted by Crippen LogP contribution is -2.16. The molecule has 0 unspecified atom stereocenters. The highest BCUT2D eigenvalue weighted by molar-refractivity contribution is 6.07. The van der Waals surface area contributed by atoms with Gasteiger partial charge in [0.2, 0.25) is 5.95 Å². The third kappa shape index (κ3) is 4.68. The molecule has 0 saturated carbocycles. The zero-order chi connectivity index (χ0) is 23.6. The number of benzene rings is 2. The molecule has 0 atom stereocenters. The maximum absolute atomic E-state index is 14.3. The second-order valence-corrected chi connectivity index (χ2v) is 6.90. The molecule has 2 aromatic heterocycles. The molecule has 0 bridgehead atoms. The summed E-state index contributed by atoms with van der Waals surface area (Å²) in [5, 5.41) is 5.95. The van der Waals surface area contributed by atoms with E-state index in [1.165, 1.54) is 24.7 Å². The van der Waals surface area contributed by atoms with Crippen molar-refractivity contribution in [3.05, 3.63) is 77.3 Å². The Morgan fingerprint density at radius 3 is 2.55 bits per heavy atom. The van der Waals surface area contributed by atoms with Gasteiger partial charge in [0.05, 0.1) is 29.4 Å². The zero-order valence-corrected chi connectivity index (χ0v) is 16.8. The fraction of sp³-hybridized carbons (Fsp3) is 0.143. The van der Waals surface area contributed by atoms with Gasteiger partial charge in [0.15, 0.2) is 6.39 Å². The van der Waals surface area contributed by atoms with E-state index in [0.717, 1.165) is 18.2 Å². The van der Waals surface area contributed by atoms with Crippen molar-refractivity contribution in [3.8, 4) is 0 Å². The Bertz CT molecular complexity index is 1310. The summed E-state index contributed by atoms with van der Waals surface area (Å²) < 4.78 is 59.5. The first-order valence-corrected chi connectivity index (χ1v) is 9.54. The first-order chi connectivity index (χ1) is 15.7. The third-order valence-corrected chi connectivity index (χ3v) is 4.75. The number of hydrogen-bond donors (Lipinski definition) is 3.